The summed E-state index contributed by atoms with van der Waals surface area (Å²) in [6.07, 6.45) is 2.37. The van der Waals surface area contributed by atoms with Gasteiger partial charge in [-0.05, 0) is 38.1 Å². The van der Waals surface area contributed by atoms with Gasteiger partial charge in [0.2, 0.25) is 0 Å². The third kappa shape index (κ3) is 5.25. The van der Waals surface area contributed by atoms with E-state index >= 15 is 0 Å². The predicted octanol–water partition coefficient (Wildman–Crippen LogP) is 2.10. The molecule has 18 heavy (non-hydrogen) atoms. The average molecular weight is 256 g/mol. The molecular weight excluding hydrogens is 224 g/mol. The van der Waals surface area contributed by atoms with Crippen molar-refractivity contribution in [1.82, 2.24) is 10.2 Å². The molecule has 0 spiro atoms. The van der Waals surface area contributed by atoms with E-state index in [2.05, 4.69) is 44.8 Å². The Kier molecular flexibility index (Phi) is 6.09. The van der Waals surface area contributed by atoms with Gasteiger partial charge in [0, 0.05) is 24.7 Å². The van der Waals surface area contributed by atoms with Crippen molar-refractivity contribution in [3.63, 3.8) is 0 Å². The molecule has 1 rings (SSSR count). The van der Waals surface area contributed by atoms with E-state index in [9.17, 15) is 5.11 Å². The summed E-state index contributed by atoms with van der Waals surface area (Å²) in [6, 6.07) is 0.418. The van der Waals surface area contributed by atoms with Crippen LogP contribution in [0.2, 0.25) is 0 Å². The molecule has 0 aliphatic carbocycles. The zero-order valence-electron chi connectivity index (χ0n) is 12.9. The lowest BCUT2D eigenvalue weighted by Crippen LogP contribution is -2.51. The van der Waals surface area contributed by atoms with E-state index in [-0.39, 0.29) is 12.1 Å². The maximum Gasteiger partial charge on any atom is 0.0611 e. The van der Waals surface area contributed by atoms with Gasteiger partial charge in [0.1, 0.15) is 0 Å². The van der Waals surface area contributed by atoms with Crippen LogP contribution in [0.3, 0.4) is 0 Å². The predicted molar refractivity (Wildman–Crippen MR) is 77.8 cm³/mol. The molecule has 1 heterocycles. The van der Waals surface area contributed by atoms with Crippen molar-refractivity contribution in [2.75, 3.05) is 26.2 Å². The lowest BCUT2D eigenvalue weighted by atomic mass is 9.90. The van der Waals surface area contributed by atoms with Gasteiger partial charge in [-0.25, -0.2) is 0 Å². The fourth-order valence-electron chi connectivity index (χ4n) is 3.27. The molecule has 3 heteroatoms. The van der Waals surface area contributed by atoms with Crippen molar-refractivity contribution < 1.29 is 5.11 Å². The van der Waals surface area contributed by atoms with Gasteiger partial charge in [0.25, 0.3) is 0 Å². The minimum Gasteiger partial charge on any atom is -0.394 e. The molecule has 0 amide bonds. The number of piperidine rings is 1. The Labute approximate surface area is 113 Å². The number of nitrogens with one attached hydrogen (secondary N) is 1. The molecule has 108 valence electrons. The van der Waals surface area contributed by atoms with Gasteiger partial charge in [0.05, 0.1) is 6.61 Å². The molecule has 2 N–H and O–H groups in total. The average Bonchev–Trinajstić information content (AvgIpc) is 2.24. The third-order valence-electron chi connectivity index (χ3n) is 3.91. The number of hydrogen-bond donors (Lipinski definition) is 2. The number of nitrogens with zero attached hydrogens (tertiary/aromatic N) is 1. The molecule has 0 aromatic carbocycles. The molecule has 0 radical (unpaired) electrons. The van der Waals surface area contributed by atoms with Crippen LogP contribution in [0.25, 0.3) is 0 Å². The minimum absolute atomic E-state index is 0.141. The molecule has 0 aromatic heterocycles. The summed E-state index contributed by atoms with van der Waals surface area (Å²) >= 11 is 0. The molecular formula is C15H32N2O. The van der Waals surface area contributed by atoms with Crippen LogP contribution in [0.5, 0.6) is 0 Å². The second-order valence-electron chi connectivity index (χ2n) is 6.97. The molecule has 1 aliphatic rings. The highest BCUT2D eigenvalue weighted by atomic mass is 16.3. The molecule has 0 saturated carbocycles. The largest absolute Gasteiger partial charge is 0.394 e. The summed E-state index contributed by atoms with van der Waals surface area (Å²) in [5.41, 5.74) is -0.141. The topological polar surface area (TPSA) is 35.5 Å². The number of rotatable bonds is 6. The third-order valence-corrected chi connectivity index (χ3v) is 3.91. The zero-order valence-corrected chi connectivity index (χ0v) is 12.9. The van der Waals surface area contributed by atoms with E-state index in [1.54, 1.807) is 0 Å². The van der Waals surface area contributed by atoms with Crippen LogP contribution in [0.15, 0.2) is 0 Å². The molecule has 1 saturated heterocycles. The van der Waals surface area contributed by atoms with E-state index in [4.69, 9.17) is 0 Å². The Morgan fingerprint density at radius 3 is 2.28 bits per heavy atom. The fraction of sp³-hybridized carbons (Fsp3) is 1.00. The summed E-state index contributed by atoms with van der Waals surface area (Å²) in [7, 11) is 0. The number of likely N-dealkylation sites (tertiary alicyclic amines) is 1. The Morgan fingerprint density at radius 1 is 1.28 bits per heavy atom. The normalized spacial score (nSPS) is 29.5. The Bertz CT molecular complexity index is 235. The van der Waals surface area contributed by atoms with E-state index in [0.29, 0.717) is 6.04 Å². The van der Waals surface area contributed by atoms with Gasteiger partial charge in [-0.2, -0.15) is 0 Å². The molecule has 3 nitrogen and oxygen atoms in total. The van der Waals surface area contributed by atoms with Crippen molar-refractivity contribution in [3.05, 3.63) is 0 Å². The highest BCUT2D eigenvalue weighted by molar-refractivity contribution is 4.86. The highest BCUT2D eigenvalue weighted by Gasteiger charge is 2.27. The SMILES string of the molecule is CC1CC(C)CN(CCC(C)(CO)NC(C)C)C1. The Morgan fingerprint density at radius 2 is 1.83 bits per heavy atom. The summed E-state index contributed by atoms with van der Waals surface area (Å²) in [5.74, 6) is 1.62. The lowest BCUT2D eigenvalue weighted by molar-refractivity contribution is 0.103. The van der Waals surface area contributed by atoms with Crippen molar-refractivity contribution in [3.8, 4) is 0 Å². The highest BCUT2D eigenvalue weighted by Crippen LogP contribution is 2.22. The maximum absolute atomic E-state index is 9.59. The molecule has 3 unspecified atom stereocenters. The van der Waals surface area contributed by atoms with E-state index in [0.717, 1.165) is 24.8 Å². The van der Waals surface area contributed by atoms with Gasteiger partial charge in [0.15, 0.2) is 0 Å². The molecule has 1 fully saturated rings. The minimum atomic E-state index is -0.141. The summed E-state index contributed by atoms with van der Waals surface area (Å²) in [6.45, 7) is 14.8. The van der Waals surface area contributed by atoms with Crippen LogP contribution in [0.1, 0.15) is 47.5 Å². The van der Waals surface area contributed by atoms with Gasteiger partial charge >= 0.3 is 0 Å². The van der Waals surface area contributed by atoms with Crippen LogP contribution >= 0.6 is 0 Å². The summed E-state index contributed by atoms with van der Waals surface area (Å²) in [4.78, 5) is 2.56. The fourth-order valence-corrected chi connectivity index (χ4v) is 3.27. The second-order valence-corrected chi connectivity index (χ2v) is 6.97. The van der Waals surface area contributed by atoms with Gasteiger partial charge in [-0.3, -0.25) is 0 Å². The monoisotopic (exact) mass is 256 g/mol. The number of aliphatic hydroxyl groups excluding tert-OH is 1. The first-order valence-corrected chi connectivity index (χ1v) is 7.45. The maximum atomic E-state index is 9.59. The van der Waals surface area contributed by atoms with Crippen LogP contribution in [0, 0.1) is 11.8 Å². The smallest absolute Gasteiger partial charge is 0.0611 e. The van der Waals surface area contributed by atoms with E-state index in [1.165, 1.54) is 19.5 Å². The van der Waals surface area contributed by atoms with Crippen LogP contribution in [-0.4, -0.2) is 47.8 Å². The zero-order chi connectivity index (χ0) is 13.8. The molecule has 3 atom stereocenters. The van der Waals surface area contributed by atoms with Crippen LogP contribution in [-0.2, 0) is 0 Å². The Balaban J connectivity index is 2.42. The van der Waals surface area contributed by atoms with Crippen molar-refractivity contribution >= 4 is 0 Å². The quantitative estimate of drug-likeness (QED) is 0.764. The van der Waals surface area contributed by atoms with E-state index in [1.807, 2.05) is 0 Å². The molecule has 0 aromatic rings. The van der Waals surface area contributed by atoms with Crippen molar-refractivity contribution in [2.45, 2.75) is 59.0 Å². The first kappa shape index (κ1) is 15.9. The van der Waals surface area contributed by atoms with Crippen molar-refractivity contribution in [2.24, 2.45) is 11.8 Å². The standard InChI is InChI=1S/C15H32N2O/c1-12(2)16-15(5,11-18)6-7-17-9-13(3)8-14(4)10-17/h12-14,16,18H,6-11H2,1-5H3. The summed E-state index contributed by atoms with van der Waals surface area (Å²) in [5, 5.41) is 13.1. The number of aliphatic hydroxyl groups is 1. The number of hydrogen-bond acceptors (Lipinski definition) is 3. The lowest BCUT2D eigenvalue weighted by Gasteiger charge is -2.38. The first-order chi connectivity index (χ1) is 8.34. The summed E-state index contributed by atoms with van der Waals surface area (Å²) < 4.78 is 0. The van der Waals surface area contributed by atoms with Crippen LogP contribution in [0.4, 0.5) is 0 Å². The second kappa shape index (κ2) is 6.88. The van der Waals surface area contributed by atoms with Crippen molar-refractivity contribution in [1.29, 1.82) is 0 Å². The van der Waals surface area contributed by atoms with E-state index < -0.39 is 0 Å². The molecule has 1 aliphatic heterocycles. The van der Waals surface area contributed by atoms with Gasteiger partial charge in [-0.1, -0.05) is 27.7 Å². The molecule has 0 bridgehead atoms. The Hall–Kier alpha value is -0.120. The first-order valence-electron chi connectivity index (χ1n) is 7.45. The van der Waals surface area contributed by atoms with Crippen LogP contribution < -0.4 is 5.32 Å². The van der Waals surface area contributed by atoms with Gasteiger partial charge in [-0.15, -0.1) is 0 Å². The van der Waals surface area contributed by atoms with Gasteiger partial charge < -0.3 is 15.3 Å².